The van der Waals surface area contributed by atoms with E-state index in [9.17, 15) is 19.5 Å². The number of carboxylic acids is 1. The number of fused-ring (bicyclic) bond motifs is 1. The van der Waals surface area contributed by atoms with Crippen LogP contribution in [0.3, 0.4) is 0 Å². The van der Waals surface area contributed by atoms with Gasteiger partial charge in [-0.15, -0.1) is 0 Å². The Balaban J connectivity index is 2.15. The van der Waals surface area contributed by atoms with Gasteiger partial charge in [0, 0.05) is 23.5 Å². The number of benzene rings is 1. The van der Waals surface area contributed by atoms with Crippen molar-refractivity contribution in [3.63, 3.8) is 0 Å². The molecule has 0 saturated carbocycles. The van der Waals surface area contributed by atoms with Crippen molar-refractivity contribution in [2.24, 2.45) is 0 Å². The lowest BCUT2D eigenvalue weighted by atomic mass is 10.2. The van der Waals surface area contributed by atoms with Crippen LogP contribution in [0.1, 0.15) is 12.8 Å². The fourth-order valence-electron chi connectivity index (χ4n) is 1.49. The van der Waals surface area contributed by atoms with E-state index in [0.717, 1.165) is 0 Å². The molecule has 2 rings (SSSR count). The molecular formula is C13H9O6-. The zero-order valence-corrected chi connectivity index (χ0v) is 9.75. The average Bonchev–Trinajstić information content (AvgIpc) is 2.36. The van der Waals surface area contributed by atoms with Crippen LogP contribution < -0.4 is 15.5 Å². The van der Waals surface area contributed by atoms with E-state index >= 15 is 0 Å². The van der Waals surface area contributed by atoms with Gasteiger partial charge in [-0.05, 0) is 24.6 Å². The first-order valence-electron chi connectivity index (χ1n) is 5.49. The van der Waals surface area contributed by atoms with Crippen molar-refractivity contribution >= 4 is 22.9 Å². The Labute approximate surface area is 107 Å². The topological polar surface area (TPSA) is 96.6 Å². The average molecular weight is 261 g/mol. The summed E-state index contributed by atoms with van der Waals surface area (Å²) in [6.07, 6.45) is -0.680. The molecule has 98 valence electrons. The Bertz CT molecular complexity index is 685. The monoisotopic (exact) mass is 261 g/mol. The van der Waals surface area contributed by atoms with Crippen LogP contribution in [-0.2, 0) is 9.59 Å². The van der Waals surface area contributed by atoms with Crippen LogP contribution in [0.15, 0.2) is 39.5 Å². The third-order valence-corrected chi connectivity index (χ3v) is 2.36. The highest BCUT2D eigenvalue weighted by molar-refractivity contribution is 5.81. The molecule has 6 nitrogen and oxygen atoms in total. The highest BCUT2D eigenvalue weighted by Gasteiger charge is 2.06. The first kappa shape index (κ1) is 12.8. The molecule has 0 aliphatic heterocycles. The molecule has 0 fully saturated rings. The van der Waals surface area contributed by atoms with Gasteiger partial charge in [0.15, 0.2) is 0 Å². The fourth-order valence-corrected chi connectivity index (χ4v) is 1.49. The predicted octanol–water partition coefficient (Wildman–Crippen LogP) is 0.228. The van der Waals surface area contributed by atoms with Gasteiger partial charge in [0.05, 0.1) is 6.42 Å². The minimum Gasteiger partial charge on any atom is -0.550 e. The molecule has 0 saturated heterocycles. The Kier molecular flexibility index (Phi) is 3.61. The molecule has 0 aliphatic rings. The van der Waals surface area contributed by atoms with Crippen molar-refractivity contribution < 1.29 is 23.8 Å². The number of hydrogen-bond acceptors (Lipinski definition) is 6. The summed E-state index contributed by atoms with van der Waals surface area (Å²) >= 11 is 0. The fraction of sp³-hybridized carbons (Fsp3) is 0.154. The molecule has 0 N–H and O–H groups in total. The second-order valence-corrected chi connectivity index (χ2v) is 3.80. The number of aliphatic carboxylic acids is 1. The second kappa shape index (κ2) is 5.34. The van der Waals surface area contributed by atoms with Gasteiger partial charge in [-0.2, -0.15) is 0 Å². The summed E-state index contributed by atoms with van der Waals surface area (Å²) in [6.45, 7) is 0. The summed E-state index contributed by atoms with van der Waals surface area (Å²) in [7, 11) is 0. The quantitative estimate of drug-likeness (QED) is 0.444. The van der Waals surface area contributed by atoms with Crippen LogP contribution >= 0.6 is 0 Å². The molecule has 0 spiro atoms. The molecule has 0 aliphatic carbocycles. The van der Waals surface area contributed by atoms with Crippen molar-refractivity contribution in [1.29, 1.82) is 0 Å². The zero-order chi connectivity index (χ0) is 13.8. The highest BCUT2D eigenvalue weighted by atomic mass is 16.5. The highest BCUT2D eigenvalue weighted by Crippen LogP contribution is 2.19. The first-order chi connectivity index (χ1) is 9.04. The number of rotatable bonds is 4. The second-order valence-electron chi connectivity index (χ2n) is 3.80. The molecule has 0 amide bonds. The van der Waals surface area contributed by atoms with Crippen LogP contribution in [0.4, 0.5) is 0 Å². The lowest BCUT2D eigenvalue weighted by Crippen LogP contribution is -2.23. The third-order valence-electron chi connectivity index (χ3n) is 2.36. The first-order valence-corrected chi connectivity index (χ1v) is 5.49. The van der Waals surface area contributed by atoms with Gasteiger partial charge in [-0.25, -0.2) is 4.79 Å². The van der Waals surface area contributed by atoms with Gasteiger partial charge in [0.25, 0.3) is 0 Å². The van der Waals surface area contributed by atoms with E-state index in [-0.39, 0.29) is 17.8 Å². The summed E-state index contributed by atoms with van der Waals surface area (Å²) in [5.41, 5.74) is -0.217. The summed E-state index contributed by atoms with van der Waals surface area (Å²) in [5, 5.41) is 10.9. The molecular weight excluding hydrogens is 252 g/mol. The molecule has 6 heteroatoms. The van der Waals surface area contributed by atoms with Gasteiger partial charge in [0.1, 0.15) is 11.3 Å². The number of carbonyl (C=O) groups is 2. The van der Waals surface area contributed by atoms with Crippen LogP contribution in [0.25, 0.3) is 11.0 Å². The summed E-state index contributed by atoms with van der Waals surface area (Å²) in [5.74, 6) is -1.83. The van der Waals surface area contributed by atoms with Gasteiger partial charge < -0.3 is 19.1 Å². The SMILES string of the molecule is O=C([O-])CCC(=O)Oc1ccc2ccc(=O)oc2c1. The Hall–Kier alpha value is -2.63. The van der Waals surface area contributed by atoms with Crippen molar-refractivity contribution in [3.8, 4) is 5.75 Å². The van der Waals surface area contributed by atoms with Crippen molar-refractivity contribution in [2.45, 2.75) is 12.8 Å². The molecule has 0 unspecified atom stereocenters. The lowest BCUT2D eigenvalue weighted by Gasteiger charge is -2.05. The van der Waals surface area contributed by atoms with E-state index in [1.807, 2.05) is 0 Å². The number of ether oxygens (including phenoxy) is 1. The minimum absolute atomic E-state index is 0.185. The van der Waals surface area contributed by atoms with Gasteiger partial charge in [-0.3, -0.25) is 4.79 Å². The van der Waals surface area contributed by atoms with Gasteiger partial charge >= 0.3 is 11.6 Å². The van der Waals surface area contributed by atoms with Crippen LogP contribution in [0, 0.1) is 0 Å². The largest absolute Gasteiger partial charge is 0.550 e. The maximum Gasteiger partial charge on any atom is 0.336 e. The molecule has 0 bridgehead atoms. The molecule has 0 radical (unpaired) electrons. The molecule has 19 heavy (non-hydrogen) atoms. The minimum atomic E-state index is -1.32. The number of carboxylic acid groups (broad SMARTS) is 1. The van der Waals surface area contributed by atoms with Crippen LogP contribution in [0.5, 0.6) is 5.75 Å². The van der Waals surface area contributed by atoms with E-state index in [1.165, 1.54) is 18.2 Å². The van der Waals surface area contributed by atoms with E-state index in [0.29, 0.717) is 5.39 Å². The predicted molar refractivity (Wildman–Crippen MR) is 62.4 cm³/mol. The molecule has 0 atom stereocenters. The Morgan fingerprint density at radius 3 is 2.63 bits per heavy atom. The van der Waals surface area contributed by atoms with Gasteiger partial charge in [-0.1, -0.05) is 0 Å². The summed E-state index contributed by atoms with van der Waals surface area (Å²) in [4.78, 5) is 32.6. The smallest absolute Gasteiger partial charge is 0.336 e. The van der Waals surface area contributed by atoms with Gasteiger partial charge in [0.2, 0.25) is 0 Å². The zero-order valence-electron chi connectivity index (χ0n) is 9.75. The van der Waals surface area contributed by atoms with E-state index in [1.54, 1.807) is 12.1 Å². The number of carbonyl (C=O) groups excluding carboxylic acids is 2. The maximum absolute atomic E-state index is 11.3. The summed E-state index contributed by atoms with van der Waals surface area (Å²) < 4.78 is 9.85. The van der Waals surface area contributed by atoms with Crippen LogP contribution in [-0.4, -0.2) is 11.9 Å². The molecule has 1 aromatic carbocycles. The van der Waals surface area contributed by atoms with Crippen LogP contribution in [0.2, 0.25) is 0 Å². The van der Waals surface area contributed by atoms with Crippen molar-refractivity contribution in [1.82, 2.24) is 0 Å². The number of hydrogen-bond donors (Lipinski definition) is 0. The Morgan fingerprint density at radius 2 is 1.89 bits per heavy atom. The standard InChI is InChI=1S/C13H10O6/c14-11(15)4-6-12(16)18-9-3-1-8-2-5-13(17)19-10(8)7-9/h1-3,5,7H,4,6H2,(H,14,15)/p-1. The normalized spacial score (nSPS) is 10.3. The van der Waals surface area contributed by atoms with Crippen molar-refractivity contribution in [3.05, 3.63) is 40.8 Å². The van der Waals surface area contributed by atoms with E-state index in [4.69, 9.17) is 9.15 Å². The lowest BCUT2D eigenvalue weighted by molar-refractivity contribution is -0.305. The maximum atomic E-state index is 11.3. The molecule has 1 heterocycles. The van der Waals surface area contributed by atoms with E-state index < -0.39 is 24.0 Å². The van der Waals surface area contributed by atoms with Crippen molar-refractivity contribution in [2.75, 3.05) is 0 Å². The molecule has 2 aromatic rings. The third kappa shape index (κ3) is 3.41. The molecule has 1 aromatic heterocycles. The van der Waals surface area contributed by atoms with E-state index in [2.05, 4.69) is 0 Å². The Morgan fingerprint density at radius 1 is 1.16 bits per heavy atom. The number of esters is 1. The summed E-state index contributed by atoms with van der Waals surface area (Å²) in [6, 6.07) is 7.42.